The number of morpholine rings is 1. The van der Waals surface area contributed by atoms with Gasteiger partial charge in [0.1, 0.15) is 23.4 Å². The van der Waals surface area contributed by atoms with Crippen LogP contribution in [0.2, 0.25) is 0 Å². The Balaban J connectivity index is 1.36. The number of carbonyl (C=O) groups is 2. The Morgan fingerprint density at radius 1 is 1.34 bits per heavy atom. The minimum Gasteiger partial charge on any atom is -0.380 e. The van der Waals surface area contributed by atoms with E-state index in [0.29, 0.717) is 55.7 Å². The number of methoxy groups -OCH3 is 1. The van der Waals surface area contributed by atoms with Crippen LogP contribution >= 0.6 is 0 Å². The summed E-state index contributed by atoms with van der Waals surface area (Å²) in [4.78, 5) is 40.3. The molecule has 3 aliphatic rings. The Kier molecular flexibility index (Phi) is 7.83. The molecule has 0 bridgehead atoms. The van der Waals surface area contributed by atoms with Crippen molar-refractivity contribution in [1.29, 1.82) is 5.26 Å². The maximum absolute atomic E-state index is 13.4. The molecule has 11 heteroatoms. The minimum absolute atomic E-state index is 0.104. The number of aldehydes is 1. The third-order valence-corrected chi connectivity index (χ3v) is 7.57. The quantitative estimate of drug-likeness (QED) is 0.574. The molecule has 0 aliphatic carbocycles. The molecule has 0 saturated carbocycles. The maximum atomic E-state index is 13.4. The van der Waals surface area contributed by atoms with Crippen molar-refractivity contribution in [3.63, 3.8) is 0 Å². The second-order valence-corrected chi connectivity index (χ2v) is 10.0. The Morgan fingerprint density at radius 2 is 2.21 bits per heavy atom. The van der Waals surface area contributed by atoms with E-state index in [1.807, 2.05) is 6.07 Å². The van der Waals surface area contributed by atoms with Gasteiger partial charge in [-0.2, -0.15) is 5.26 Å². The van der Waals surface area contributed by atoms with Crippen LogP contribution in [0, 0.1) is 11.3 Å². The molecule has 5 rings (SSSR count). The van der Waals surface area contributed by atoms with Crippen molar-refractivity contribution >= 4 is 29.6 Å². The van der Waals surface area contributed by atoms with Gasteiger partial charge in [0.15, 0.2) is 6.29 Å². The van der Waals surface area contributed by atoms with Crippen molar-refractivity contribution in [3.8, 4) is 6.07 Å². The number of aryl methyl sites for hydroxylation is 1. The smallest absolute Gasteiger partial charge is 0.328 e. The fourth-order valence-electron chi connectivity index (χ4n) is 5.38. The number of fused-ring (bicyclic) bond motifs is 1. The number of carbonyl (C=O) groups excluding carboxylic acids is 2. The number of ether oxygens (including phenoxy) is 2. The predicted octanol–water partition coefficient (Wildman–Crippen LogP) is 2.59. The van der Waals surface area contributed by atoms with E-state index in [1.54, 1.807) is 18.1 Å². The molecule has 2 saturated heterocycles. The number of hydrogen-bond donors (Lipinski definition) is 1. The average molecular weight is 520 g/mol. The first kappa shape index (κ1) is 26.0. The first-order valence-corrected chi connectivity index (χ1v) is 13.1. The molecule has 0 spiro atoms. The first-order valence-electron chi connectivity index (χ1n) is 13.1. The van der Waals surface area contributed by atoms with Gasteiger partial charge in [0.25, 0.3) is 0 Å². The number of anilines is 3. The second-order valence-electron chi connectivity index (χ2n) is 10.0. The summed E-state index contributed by atoms with van der Waals surface area (Å²) in [6, 6.07) is 5.83. The van der Waals surface area contributed by atoms with Gasteiger partial charge in [0.05, 0.1) is 30.6 Å². The zero-order chi connectivity index (χ0) is 26.6. The molecule has 2 atom stereocenters. The van der Waals surface area contributed by atoms with Gasteiger partial charge in [-0.05, 0) is 43.4 Å². The summed E-state index contributed by atoms with van der Waals surface area (Å²) in [5, 5.41) is 12.5. The van der Waals surface area contributed by atoms with Crippen molar-refractivity contribution in [3.05, 3.63) is 40.7 Å². The van der Waals surface area contributed by atoms with E-state index in [-0.39, 0.29) is 18.2 Å². The molecule has 5 heterocycles. The number of nitrogens with one attached hydrogen (secondary N) is 1. The average Bonchev–Trinajstić information content (AvgIpc) is 3.43. The maximum Gasteiger partial charge on any atom is 0.328 e. The third-order valence-electron chi connectivity index (χ3n) is 7.57. The van der Waals surface area contributed by atoms with Crippen molar-refractivity contribution in [2.75, 3.05) is 61.6 Å². The third kappa shape index (κ3) is 5.34. The number of aromatic nitrogens is 2. The molecule has 2 aromatic rings. The van der Waals surface area contributed by atoms with Crippen LogP contribution in [-0.2, 0) is 22.4 Å². The summed E-state index contributed by atoms with van der Waals surface area (Å²) in [5.41, 5.74) is 3.34. The largest absolute Gasteiger partial charge is 0.380 e. The van der Waals surface area contributed by atoms with Crippen LogP contribution in [-0.4, -0.2) is 85.8 Å². The monoisotopic (exact) mass is 519 g/mol. The van der Waals surface area contributed by atoms with E-state index in [1.165, 1.54) is 6.20 Å². The Labute approximate surface area is 222 Å². The Bertz CT molecular complexity index is 1250. The number of amides is 2. The molecule has 11 nitrogen and oxygen atoms in total. The van der Waals surface area contributed by atoms with Crippen LogP contribution in [0.15, 0.2) is 18.3 Å². The van der Waals surface area contributed by atoms with Crippen molar-refractivity contribution in [1.82, 2.24) is 14.9 Å². The number of hydrogen-bond acceptors (Lipinski definition) is 9. The Hall–Kier alpha value is -3.59. The molecule has 2 amide bonds. The highest BCUT2D eigenvalue weighted by atomic mass is 16.5. The number of nitriles is 1. The van der Waals surface area contributed by atoms with Crippen molar-refractivity contribution in [2.24, 2.45) is 0 Å². The molecular formula is C27H33N7O4. The first-order chi connectivity index (χ1) is 18.5. The lowest BCUT2D eigenvalue weighted by atomic mass is 10.0. The van der Waals surface area contributed by atoms with Gasteiger partial charge >= 0.3 is 6.03 Å². The SMILES string of the molecule is COC1CCN(c2cc(NC(=O)N3CCCc4cc(CN5CCOCC5C)c(C=O)nc43)ncc2C#N)C1. The molecule has 2 aromatic heterocycles. The molecule has 0 radical (unpaired) electrons. The van der Waals surface area contributed by atoms with Gasteiger partial charge in [-0.25, -0.2) is 14.8 Å². The van der Waals surface area contributed by atoms with Crippen molar-refractivity contribution < 1.29 is 19.1 Å². The van der Waals surface area contributed by atoms with Gasteiger partial charge in [-0.1, -0.05) is 0 Å². The van der Waals surface area contributed by atoms with E-state index in [2.05, 4.69) is 38.1 Å². The van der Waals surface area contributed by atoms with E-state index in [4.69, 9.17) is 9.47 Å². The zero-order valence-electron chi connectivity index (χ0n) is 21.9. The van der Waals surface area contributed by atoms with E-state index < -0.39 is 0 Å². The summed E-state index contributed by atoms with van der Waals surface area (Å²) < 4.78 is 11.0. The second kappa shape index (κ2) is 11.4. The van der Waals surface area contributed by atoms with Gasteiger partial charge < -0.3 is 14.4 Å². The zero-order valence-corrected chi connectivity index (χ0v) is 21.9. The van der Waals surface area contributed by atoms with Crippen LogP contribution < -0.4 is 15.1 Å². The topological polar surface area (TPSA) is 124 Å². The van der Waals surface area contributed by atoms with E-state index >= 15 is 0 Å². The number of rotatable bonds is 6. The summed E-state index contributed by atoms with van der Waals surface area (Å²) in [7, 11) is 1.68. The normalized spacial score (nSPS) is 21.6. The molecule has 3 aliphatic heterocycles. The summed E-state index contributed by atoms with van der Waals surface area (Å²) in [5.74, 6) is 0.858. The van der Waals surface area contributed by atoms with Crippen LogP contribution in [0.4, 0.5) is 22.1 Å². The van der Waals surface area contributed by atoms with Gasteiger partial charge in [-0.3, -0.25) is 19.9 Å². The lowest BCUT2D eigenvalue weighted by Crippen LogP contribution is -2.43. The number of nitrogens with zero attached hydrogens (tertiary/aromatic N) is 6. The van der Waals surface area contributed by atoms with Gasteiger partial charge in [-0.15, -0.1) is 0 Å². The van der Waals surface area contributed by atoms with Gasteiger partial charge in [0.2, 0.25) is 0 Å². The lowest BCUT2D eigenvalue weighted by molar-refractivity contribution is -0.00448. The molecule has 1 N–H and O–H groups in total. The molecule has 0 aromatic carbocycles. The minimum atomic E-state index is -0.371. The molecule has 200 valence electrons. The molecular weight excluding hydrogens is 486 g/mol. The predicted molar refractivity (Wildman–Crippen MR) is 142 cm³/mol. The number of pyridine rings is 2. The van der Waals surface area contributed by atoms with Crippen LogP contribution in [0.25, 0.3) is 0 Å². The van der Waals surface area contributed by atoms with Crippen LogP contribution in [0.5, 0.6) is 0 Å². The van der Waals surface area contributed by atoms with E-state index in [0.717, 1.165) is 55.5 Å². The standard InChI is InChI=1S/C27H33N7O4/c1-18-17-38-9-8-32(18)14-20-10-19-4-3-6-34(26(19)30-23(20)16-35)27(36)31-25-11-24(21(12-28)13-29-25)33-7-5-22(15-33)37-2/h10-11,13,16,18,22H,3-9,14-15,17H2,1-2H3,(H,29,31,36). The number of urea groups is 1. The van der Waals surface area contributed by atoms with E-state index in [9.17, 15) is 14.9 Å². The fraction of sp³-hybridized carbons (Fsp3) is 0.519. The fourth-order valence-corrected chi connectivity index (χ4v) is 5.38. The highest BCUT2D eigenvalue weighted by Crippen LogP contribution is 2.30. The highest BCUT2D eigenvalue weighted by molar-refractivity contribution is 6.01. The summed E-state index contributed by atoms with van der Waals surface area (Å²) in [6.45, 7) is 6.77. The van der Waals surface area contributed by atoms with Crippen LogP contribution in [0.3, 0.4) is 0 Å². The summed E-state index contributed by atoms with van der Waals surface area (Å²) in [6.07, 6.45) is 4.79. The van der Waals surface area contributed by atoms with Crippen LogP contribution in [0.1, 0.15) is 46.9 Å². The Morgan fingerprint density at radius 3 is 2.95 bits per heavy atom. The highest BCUT2D eigenvalue weighted by Gasteiger charge is 2.29. The molecule has 2 unspecified atom stereocenters. The van der Waals surface area contributed by atoms with Gasteiger partial charge in [0, 0.05) is 58.1 Å². The summed E-state index contributed by atoms with van der Waals surface area (Å²) >= 11 is 0. The molecule has 2 fully saturated rings. The lowest BCUT2D eigenvalue weighted by Gasteiger charge is -2.34. The van der Waals surface area contributed by atoms with Crippen molar-refractivity contribution in [2.45, 2.75) is 44.9 Å². The molecule has 38 heavy (non-hydrogen) atoms.